The first-order valence-electron chi connectivity index (χ1n) is 8.78. The van der Waals surface area contributed by atoms with Gasteiger partial charge in [0.25, 0.3) is 0 Å². The molecule has 0 aromatic heterocycles. The van der Waals surface area contributed by atoms with Crippen LogP contribution in [0, 0.1) is 6.92 Å². The van der Waals surface area contributed by atoms with Crippen molar-refractivity contribution in [1.29, 1.82) is 0 Å². The summed E-state index contributed by atoms with van der Waals surface area (Å²) in [6, 6.07) is 12.3. The molecule has 0 saturated heterocycles. The largest absolute Gasteiger partial charge is 0.315 e. The summed E-state index contributed by atoms with van der Waals surface area (Å²) in [5.41, 5.74) is 5.92. The Balaban J connectivity index is 0.000000151. The Bertz CT molecular complexity index is 792. The molecule has 2 aliphatic heterocycles. The van der Waals surface area contributed by atoms with Gasteiger partial charge in [0.05, 0.1) is 0 Å². The van der Waals surface area contributed by atoms with Crippen LogP contribution in [0.15, 0.2) is 40.9 Å². The summed E-state index contributed by atoms with van der Waals surface area (Å²) in [5, 5.41) is 0. The third kappa shape index (κ3) is 3.83. The molecule has 4 rings (SSSR count). The number of hydrogen-bond acceptors (Lipinski definition) is 2. The van der Waals surface area contributed by atoms with E-state index in [-0.39, 0.29) is 11.8 Å². The number of amides is 2. The lowest BCUT2D eigenvalue weighted by atomic mass is 10.00. The molecule has 0 bridgehead atoms. The summed E-state index contributed by atoms with van der Waals surface area (Å²) in [7, 11) is 3.67. The van der Waals surface area contributed by atoms with Crippen molar-refractivity contribution in [1.82, 2.24) is 0 Å². The molecule has 0 spiro atoms. The predicted molar refractivity (Wildman–Crippen MR) is 109 cm³/mol. The van der Waals surface area contributed by atoms with Crippen molar-refractivity contribution >= 4 is 39.1 Å². The molecule has 2 amide bonds. The van der Waals surface area contributed by atoms with Crippen LogP contribution >= 0.6 is 15.9 Å². The van der Waals surface area contributed by atoms with Crippen molar-refractivity contribution in [2.45, 2.75) is 32.6 Å². The monoisotopic (exact) mass is 414 g/mol. The second kappa shape index (κ2) is 7.62. The van der Waals surface area contributed by atoms with Crippen molar-refractivity contribution in [3.8, 4) is 0 Å². The molecule has 5 heteroatoms. The van der Waals surface area contributed by atoms with Gasteiger partial charge >= 0.3 is 0 Å². The zero-order valence-corrected chi connectivity index (χ0v) is 17.0. The lowest BCUT2D eigenvalue weighted by Crippen LogP contribution is -2.30. The van der Waals surface area contributed by atoms with Crippen LogP contribution in [-0.4, -0.2) is 25.9 Å². The highest BCUT2D eigenvalue weighted by molar-refractivity contribution is 9.10. The van der Waals surface area contributed by atoms with Crippen LogP contribution in [0.5, 0.6) is 0 Å². The quantitative estimate of drug-likeness (QED) is 0.645. The van der Waals surface area contributed by atoms with Crippen molar-refractivity contribution in [2.24, 2.45) is 0 Å². The third-order valence-corrected chi connectivity index (χ3v) is 5.46. The van der Waals surface area contributed by atoms with E-state index in [2.05, 4.69) is 35.0 Å². The number of aryl methyl sites for hydroxylation is 3. The molecule has 2 aromatic carbocycles. The minimum atomic E-state index is 0.204. The third-order valence-electron chi connectivity index (χ3n) is 4.96. The van der Waals surface area contributed by atoms with E-state index in [1.807, 2.05) is 38.4 Å². The molecule has 0 radical (unpaired) electrons. The topological polar surface area (TPSA) is 40.6 Å². The number of halogens is 1. The molecule has 2 heterocycles. The van der Waals surface area contributed by atoms with Gasteiger partial charge < -0.3 is 9.80 Å². The van der Waals surface area contributed by atoms with Gasteiger partial charge in [0.15, 0.2) is 0 Å². The maximum Gasteiger partial charge on any atom is 0.227 e. The molecule has 0 fully saturated rings. The first kappa shape index (κ1) is 18.6. The maximum absolute atomic E-state index is 11.4. The molecular weight excluding hydrogens is 392 g/mol. The normalized spacial score (nSPS) is 15.8. The SMILES string of the molecule is CN1C(=O)CCc2cc(Br)ccc21.Cc1ccc2c(c1)CCC(=O)N2C. The molecule has 26 heavy (non-hydrogen) atoms. The summed E-state index contributed by atoms with van der Waals surface area (Å²) in [5.74, 6) is 0.422. The minimum Gasteiger partial charge on any atom is -0.315 e. The summed E-state index contributed by atoms with van der Waals surface area (Å²) in [4.78, 5) is 26.2. The molecule has 0 N–H and O–H groups in total. The Morgan fingerprint density at radius 1 is 0.769 bits per heavy atom. The predicted octanol–water partition coefficient (Wildman–Crippen LogP) is 4.26. The lowest BCUT2D eigenvalue weighted by molar-refractivity contribution is -0.119. The average Bonchev–Trinajstić information content (AvgIpc) is 2.62. The van der Waals surface area contributed by atoms with E-state index in [1.54, 1.807) is 9.80 Å². The van der Waals surface area contributed by atoms with Gasteiger partial charge in [-0.25, -0.2) is 0 Å². The first-order chi connectivity index (χ1) is 12.4. The van der Waals surface area contributed by atoms with Crippen LogP contribution in [0.2, 0.25) is 0 Å². The lowest BCUT2D eigenvalue weighted by Gasteiger charge is -2.25. The van der Waals surface area contributed by atoms with E-state index in [4.69, 9.17) is 0 Å². The molecule has 136 valence electrons. The van der Waals surface area contributed by atoms with Crippen LogP contribution in [0.3, 0.4) is 0 Å². The molecule has 2 aliphatic rings. The number of fused-ring (bicyclic) bond motifs is 2. The Hall–Kier alpha value is -2.14. The fourth-order valence-corrected chi connectivity index (χ4v) is 3.82. The molecule has 2 aromatic rings. The van der Waals surface area contributed by atoms with E-state index >= 15 is 0 Å². The summed E-state index contributed by atoms with van der Waals surface area (Å²) in [6.45, 7) is 2.08. The Labute approximate surface area is 162 Å². The fraction of sp³-hybridized carbons (Fsp3) is 0.333. The van der Waals surface area contributed by atoms with Gasteiger partial charge in [-0.2, -0.15) is 0 Å². The highest BCUT2D eigenvalue weighted by Gasteiger charge is 2.21. The number of nitrogens with zero attached hydrogens (tertiary/aromatic N) is 2. The van der Waals surface area contributed by atoms with E-state index in [9.17, 15) is 9.59 Å². The van der Waals surface area contributed by atoms with Crippen molar-refractivity contribution in [2.75, 3.05) is 23.9 Å². The number of carbonyl (C=O) groups is 2. The van der Waals surface area contributed by atoms with Crippen LogP contribution in [-0.2, 0) is 22.4 Å². The van der Waals surface area contributed by atoms with Crippen molar-refractivity contribution in [3.05, 3.63) is 57.6 Å². The molecule has 0 aliphatic carbocycles. The van der Waals surface area contributed by atoms with Gasteiger partial charge in [0, 0.05) is 42.8 Å². The Morgan fingerprint density at radius 3 is 1.85 bits per heavy atom. The van der Waals surface area contributed by atoms with Gasteiger partial charge in [-0.15, -0.1) is 0 Å². The highest BCUT2D eigenvalue weighted by Crippen LogP contribution is 2.29. The first-order valence-corrected chi connectivity index (χ1v) is 9.57. The maximum atomic E-state index is 11.4. The molecule has 0 unspecified atom stereocenters. The number of anilines is 2. The van der Waals surface area contributed by atoms with Gasteiger partial charge in [-0.05, 0) is 55.2 Å². The van der Waals surface area contributed by atoms with E-state index < -0.39 is 0 Å². The van der Waals surface area contributed by atoms with E-state index in [0.29, 0.717) is 12.8 Å². The second-order valence-corrected chi connectivity index (χ2v) is 7.73. The Kier molecular flexibility index (Phi) is 5.47. The van der Waals surface area contributed by atoms with Crippen molar-refractivity contribution in [3.63, 3.8) is 0 Å². The smallest absolute Gasteiger partial charge is 0.227 e. The van der Waals surface area contributed by atoms with Gasteiger partial charge in [0.1, 0.15) is 0 Å². The summed E-state index contributed by atoms with van der Waals surface area (Å²) in [6.07, 6.45) is 3.02. The van der Waals surface area contributed by atoms with Gasteiger partial charge in [-0.3, -0.25) is 9.59 Å². The number of rotatable bonds is 0. The van der Waals surface area contributed by atoms with Crippen LogP contribution < -0.4 is 9.80 Å². The minimum absolute atomic E-state index is 0.204. The number of carbonyl (C=O) groups excluding carboxylic acids is 2. The van der Waals surface area contributed by atoms with E-state index in [1.165, 1.54) is 16.7 Å². The van der Waals surface area contributed by atoms with Crippen LogP contribution in [0.1, 0.15) is 29.5 Å². The van der Waals surface area contributed by atoms with Crippen LogP contribution in [0.4, 0.5) is 11.4 Å². The molecule has 0 atom stereocenters. The van der Waals surface area contributed by atoms with Crippen LogP contribution in [0.25, 0.3) is 0 Å². The number of benzene rings is 2. The van der Waals surface area contributed by atoms with Crippen molar-refractivity contribution < 1.29 is 9.59 Å². The highest BCUT2D eigenvalue weighted by atomic mass is 79.9. The summed E-state index contributed by atoms with van der Waals surface area (Å²) < 4.78 is 1.08. The standard InChI is InChI=1S/C11H13NO.C10H10BrNO/c1-8-3-5-10-9(7-8)4-6-11(13)12(10)2;1-12-9-4-3-8(11)6-7(9)2-5-10(12)13/h3,5,7H,4,6H2,1-2H3;3-4,6H,2,5H2,1H3. The zero-order valence-electron chi connectivity index (χ0n) is 15.4. The average molecular weight is 415 g/mol. The Morgan fingerprint density at radius 2 is 1.27 bits per heavy atom. The van der Waals surface area contributed by atoms with Gasteiger partial charge in [-0.1, -0.05) is 33.6 Å². The van der Waals surface area contributed by atoms with E-state index in [0.717, 1.165) is 28.7 Å². The number of hydrogen-bond donors (Lipinski definition) is 0. The molecule has 0 saturated carbocycles. The molecule has 4 nitrogen and oxygen atoms in total. The molecular formula is C21H23BrN2O2. The summed E-state index contributed by atoms with van der Waals surface area (Å²) >= 11 is 3.42. The zero-order chi connectivity index (χ0) is 18.8. The fourth-order valence-electron chi connectivity index (χ4n) is 3.41. The van der Waals surface area contributed by atoms with Gasteiger partial charge in [0.2, 0.25) is 11.8 Å². The second-order valence-electron chi connectivity index (χ2n) is 6.81.